The van der Waals surface area contributed by atoms with E-state index in [1.807, 2.05) is 0 Å². The molecule has 98 valence electrons. The summed E-state index contributed by atoms with van der Waals surface area (Å²) in [6.07, 6.45) is 3.92. The lowest BCUT2D eigenvalue weighted by Gasteiger charge is -2.17. The molecular weight excluding hydrogens is 234 g/mol. The third-order valence-electron chi connectivity index (χ3n) is 3.19. The molecule has 1 atom stereocenters. The van der Waals surface area contributed by atoms with Crippen LogP contribution in [-0.4, -0.2) is 33.9 Å². The Balaban J connectivity index is 2.14. The Morgan fingerprint density at radius 1 is 1.50 bits per heavy atom. The minimum atomic E-state index is -0.924. The largest absolute Gasteiger partial charge is 0.481 e. The van der Waals surface area contributed by atoms with Gasteiger partial charge in [-0.2, -0.15) is 5.10 Å². The second-order valence-corrected chi connectivity index (χ2v) is 4.67. The van der Waals surface area contributed by atoms with Crippen molar-refractivity contribution in [2.75, 3.05) is 18.0 Å². The smallest absolute Gasteiger partial charge is 0.308 e. The predicted molar refractivity (Wildman–Crippen MR) is 66.7 cm³/mol. The van der Waals surface area contributed by atoms with E-state index < -0.39 is 11.9 Å². The zero-order valence-electron chi connectivity index (χ0n) is 10.4. The number of aliphatic carboxylic acids is 1. The molecule has 1 aromatic heterocycles. The van der Waals surface area contributed by atoms with E-state index in [4.69, 9.17) is 5.11 Å². The number of hydrogen-bond donors (Lipinski definition) is 1. The summed E-state index contributed by atoms with van der Waals surface area (Å²) in [6, 6.07) is 1.53. The number of aromatic nitrogens is 2. The van der Waals surface area contributed by atoms with Crippen molar-refractivity contribution in [1.82, 2.24) is 9.78 Å². The fourth-order valence-electron chi connectivity index (χ4n) is 2.05. The van der Waals surface area contributed by atoms with Gasteiger partial charge in [0.05, 0.1) is 24.3 Å². The highest BCUT2D eigenvalue weighted by molar-refractivity contribution is 5.69. The summed E-state index contributed by atoms with van der Waals surface area (Å²) in [6.45, 7) is 3.58. The van der Waals surface area contributed by atoms with E-state index in [1.54, 1.807) is 13.1 Å². The summed E-state index contributed by atoms with van der Waals surface area (Å²) in [7, 11) is 0. The van der Waals surface area contributed by atoms with Crippen LogP contribution in [0.1, 0.15) is 19.8 Å². The monoisotopic (exact) mass is 251 g/mol. The molecule has 1 aliphatic rings. The number of nitrogens with zero attached hydrogens (tertiary/aromatic N) is 3. The maximum Gasteiger partial charge on any atom is 0.308 e. The van der Waals surface area contributed by atoms with Crippen LogP contribution in [0.3, 0.4) is 0 Å². The van der Waals surface area contributed by atoms with Gasteiger partial charge in [0.2, 0.25) is 0 Å². The quantitative estimate of drug-likeness (QED) is 0.846. The molecule has 0 spiro atoms. The lowest BCUT2D eigenvalue weighted by molar-refractivity contribution is -0.141. The molecule has 1 N–H and O–H groups in total. The molecule has 1 fully saturated rings. The van der Waals surface area contributed by atoms with Gasteiger partial charge < -0.3 is 10.0 Å². The highest BCUT2D eigenvalue weighted by atomic mass is 16.4. The van der Waals surface area contributed by atoms with E-state index in [-0.39, 0.29) is 12.1 Å². The standard InChI is InChI=1S/C12H17N3O3/c1-9(12(17)18)8-15-11(16)6-10(7-13-15)14-4-2-3-5-14/h6-7,9H,2-5,8H2,1H3,(H,17,18). The van der Waals surface area contributed by atoms with Gasteiger partial charge >= 0.3 is 5.97 Å². The van der Waals surface area contributed by atoms with Gasteiger partial charge in [0, 0.05) is 19.2 Å². The normalized spacial score (nSPS) is 16.8. The fourth-order valence-corrected chi connectivity index (χ4v) is 2.05. The van der Waals surface area contributed by atoms with Crippen LogP contribution in [0.4, 0.5) is 5.69 Å². The van der Waals surface area contributed by atoms with Crippen molar-refractivity contribution in [3.05, 3.63) is 22.6 Å². The van der Waals surface area contributed by atoms with Crippen LogP contribution in [0.5, 0.6) is 0 Å². The van der Waals surface area contributed by atoms with Crippen molar-refractivity contribution in [3.8, 4) is 0 Å². The summed E-state index contributed by atoms with van der Waals surface area (Å²) < 4.78 is 1.21. The van der Waals surface area contributed by atoms with Crippen molar-refractivity contribution in [1.29, 1.82) is 0 Å². The van der Waals surface area contributed by atoms with Crippen LogP contribution in [0, 0.1) is 5.92 Å². The van der Waals surface area contributed by atoms with E-state index in [9.17, 15) is 9.59 Å². The highest BCUT2D eigenvalue weighted by Gasteiger charge is 2.16. The Morgan fingerprint density at radius 2 is 2.17 bits per heavy atom. The minimum absolute atomic E-state index is 0.106. The first-order chi connectivity index (χ1) is 8.58. The molecule has 2 rings (SSSR count). The molecule has 6 nitrogen and oxygen atoms in total. The molecule has 6 heteroatoms. The van der Waals surface area contributed by atoms with Crippen molar-refractivity contribution < 1.29 is 9.90 Å². The number of carbonyl (C=O) groups is 1. The van der Waals surface area contributed by atoms with Crippen LogP contribution < -0.4 is 10.5 Å². The van der Waals surface area contributed by atoms with E-state index in [1.165, 1.54) is 10.7 Å². The number of anilines is 1. The Bertz CT molecular complexity index is 492. The Morgan fingerprint density at radius 3 is 2.72 bits per heavy atom. The number of rotatable bonds is 4. The molecule has 1 saturated heterocycles. The molecule has 1 aliphatic heterocycles. The molecule has 0 bridgehead atoms. The Labute approximate surface area is 105 Å². The topological polar surface area (TPSA) is 75.4 Å². The summed E-state index contributed by atoms with van der Waals surface area (Å²) in [5.41, 5.74) is 0.587. The van der Waals surface area contributed by atoms with Crippen molar-refractivity contribution in [3.63, 3.8) is 0 Å². The summed E-state index contributed by atoms with van der Waals surface area (Å²) in [5, 5.41) is 12.9. The molecule has 2 heterocycles. The molecule has 0 aliphatic carbocycles. The lowest BCUT2D eigenvalue weighted by Crippen LogP contribution is -2.29. The molecule has 0 radical (unpaired) electrons. The van der Waals surface area contributed by atoms with E-state index in [2.05, 4.69) is 10.00 Å². The van der Waals surface area contributed by atoms with Crippen molar-refractivity contribution >= 4 is 11.7 Å². The molecule has 1 aromatic rings. The lowest BCUT2D eigenvalue weighted by atomic mass is 10.2. The summed E-state index contributed by atoms with van der Waals surface area (Å²) in [4.78, 5) is 24.7. The van der Waals surface area contributed by atoms with E-state index in [0.717, 1.165) is 31.6 Å². The Hall–Kier alpha value is -1.85. The van der Waals surface area contributed by atoms with Crippen molar-refractivity contribution in [2.45, 2.75) is 26.3 Å². The molecule has 0 saturated carbocycles. The maximum atomic E-state index is 11.8. The molecule has 1 unspecified atom stereocenters. The van der Waals surface area contributed by atoms with Crippen molar-refractivity contribution in [2.24, 2.45) is 5.92 Å². The van der Waals surface area contributed by atoms with Crippen LogP contribution in [0.2, 0.25) is 0 Å². The second-order valence-electron chi connectivity index (χ2n) is 4.67. The zero-order chi connectivity index (χ0) is 13.1. The van der Waals surface area contributed by atoms with E-state index >= 15 is 0 Å². The third-order valence-corrected chi connectivity index (χ3v) is 3.19. The van der Waals surface area contributed by atoms with Gasteiger partial charge in [-0.1, -0.05) is 6.92 Å². The second kappa shape index (κ2) is 5.20. The zero-order valence-corrected chi connectivity index (χ0v) is 10.4. The average molecular weight is 251 g/mol. The molecule has 0 amide bonds. The van der Waals surface area contributed by atoms with Crippen LogP contribution in [0.25, 0.3) is 0 Å². The fraction of sp³-hybridized carbons (Fsp3) is 0.583. The van der Waals surface area contributed by atoms with Gasteiger partial charge in [-0.15, -0.1) is 0 Å². The molecule has 0 aromatic carbocycles. The summed E-state index contributed by atoms with van der Waals surface area (Å²) >= 11 is 0. The number of carboxylic acid groups (broad SMARTS) is 1. The Kier molecular flexibility index (Phi) is 3.64. The maximum absolute atomic E-state index is 11.8. The van der Waals surface area contributed by atoms with Gasteiger partial charge in [-0.05, 0) is 12.8 Å². The average Bonchev–Trinajstić information content (AvgIpc) is 2.85. The van der Waals surface area contributed by atoms with E-state index in [0.29, 0.717) is 0 Å². The van der Waals surface area contributed by atoms with Crippen LogP contribution in [0.15, 0.2) is 17.1 Å². The predicted octanol–water partition coefficient (Wildman–Crippen LogP) is 0.564. The molecule has 18 heavy (non-hydrogen) atoms. The van der Waals surface area contributed by atoms with Gasteiger partial charge in [0.25, 0.3) is 5.56 Å². The van der Waals surface area contributed by atoms with Crippen LogP contribution >= 0.6 is 0 Å². The van der Waals surface area contributed by atoms with Gasteiger partial charge in [0.15, 0.2) is 0 Å². The third kappa shape index (κ3) is 2.69. The van der Waals surface area contributed by atoms with Gasteiger partial charge in [-0.25, -0.2) is 4.68 Å². The highest BCUT2D eigenvalue weighted by Crippen LogP contribution is 2.16. The SMILES string of the molecule is CC(Cn1ncc(N2CCCC2)cc1=O)C(=O)O. The van der Waals surface area contributed by atoms with Gasteiger partial charge in [0.1, 0.15) is 0 Å². The first-order valence-electron chi connectivity index (χ1n) is 6.13. The number of carboxylic acids is 1. The summed E-state index contributed by atoms with van der Waals surface area (Å²) in [5.74, 6) is -1.54. The van der Waals surface area contributed by atoms with Gasteiger partial charge in [-0.3, -0.25) is 9.59 Å². The van der Waals surface area contributed by atoms with Crippen LogP contribution in [-0.2, 0) is 11.3 Å². The molecular formula is C12H17N3O3. The number of hydrogen-bond acceptors (Lipinski definition) is 4. The first-order valence-corrected chi connectivity index (χ1v) is 6.13. The minimum Gasteiger partial charge on any atom is -0.481 e. The first kappa shape index (κ1) is 12.6.